The van der Waals surface area contributed by atoms with Crippen LogP contribution in [0.25, 0.3) is 0 Å². The van der Waals surface area contributed by atoms with Gasteiger partial charge in [-0.15, -0.1) is 0 Å². The zero-order valence-electron chi connectivity index (χ0n) is 18.9. The molecule has 0 radical (unpaired) electrons. The number of ether oxygens (including phenoxy) is 1. The van der Waals surface area contributed by atoms with Crippen LogP contribution in [0.3, 0.4) is 0 Å². The van der Waals surface area contributed by atoms with E-state index in [-0.39, 0.29) is 18.2 Å². The Kier molecular flexibility index (Phi) is 7.86. The molecule has 0 spiro atoms. The predicted molar refractivity (Wildman–Crippen MR) is 122 cm³/mol. The number of hydrogen-bond donors (Lipinski definition) is 1. The first-order valence-corrected chi connectivity index (χ1v) is 10.1. The lowest BCUT2D eigenvalue weighted by Crippen LogP contribution is -2.38. The maximum atomic E-state index is 13.0. The molecule has 2 aromatic rings. The topological polar surface area (TPSA) is 61.9 Å². The van der Waals surface area contributed by atoms with Gasteiger partial charge in [0.25, 0.3) is 0 Å². The second-order valence-corrected chi connectivity index (χ2v) is 8.49. The van der Waals surface area contributed by atoms with Crippen molar-refractivity contribution in [2.24, 2.45) is 5.41 Å². The van der Waals surface area contributed by atoms with Crippen LogP contribution in [0.5, 0.6) is 5.75 Å². The number of anilines is 2. The first-order valence-electron chi connectivity index (χ1n) is 10.1. The average molecular weight is 412 g/mol. The highest BCUT2D eigenvalue weighted by Gasteiger charge is 2.22. The first-order chi connectivity index (χ1) is 14.1. The van der Waals surface area contributed by atoms with Gasteiger partial charge >= 0.3 is 0 Å². The normalized spacial score (nSPS) is 11.0. The second kappa shape index (κ2) is 10.1. The molecule has 0 saturated carbocycles. The number of hydrogen-bond acceptors (Lipinski definition) is 4. The molecule has 6 nitrogen and oxygen atoms in total. The van der Waals surface area contributed by atoms with Gasteiger partial charge in [-0.05, 0) is 42.0 Å². The third-order valence-corrected chi connectivity index (χ3v) is 4.78. The van der Waals surface area contributed by atoms with Crippen molar-refractivity contribution >= 4 is 23.2 Å². The molecule has 0 fully saturated rings. The van der Waals surface area contributed by atoms with Crippen molar-refractivity contribution in [3.8, 4) is 5.75 Å². The second-order valence-electron chi connectivity index (χ2n) is 8.49. The number of nitrogens with zero attached hydrogens (tertiary/aromatic N) is 2. The molecule has 30 heavy (non-hydrogen) atoms. The minimum absolute atomic E-state index is 0.0499. The fourth-order valence-corrected chi connectivity index (χ4v) is 2.85. The van der Waals surface area contributed by atoms with Gasteiger partial charge in [-0.25, -0.2) is 0 Å². The number of nitrogens with one attached hydrogen (secondary N) is 1. The third kappa shape index (κ3) is 6.51. The number of methoxy groups -OCH3 is 1. The van der Waals surface area contributed by atoms with Gasteiger partial charge in [0.05, 0.1) is 13.7 Å². The molecular weight excluding hydrogens is 378 g/mol. The molecule has 2 amide bonds. The lowest BCUT2D eigenvalue weighted by Gasteiger charge is -2.24. The van der Waals surface area contributed by atoms with Crippen LogP contribution in [0.1, 0.15) is 32.8 Å². The zero-order chi connectivity index (χ0) is 22.3. The molecule has 0 bridgehead atoms. The fourth-order valence-electron chi connectivity index (χ4n) is 2.85. The number of benzene rings is 2. The van der Waals surface area contributed by atoms with Crippen molar-refractivity contribution in [3.63, 3.8) is 0 Å². The summed E-state index contributed by atoms with van der Waals surface area (Å²) in [7, 11) is 5.60. The quantitative estimate of drug-likeness (QED) is 0.717. The third-order valence-electron chi connectivity index (χ3n) is 4.78. The Hall–Kier alpha value is -3.02. The molecule has 0 atom stereocenters. The van der Waals surface area contributed by atoms with Crippen LogP contribution in [0, 0.1) is 5.41 Å². The number of carbonyl (C=O) groups is 2. The van der Waals surface area contributed by atoms with E-state index in [1.807, 2.05) is 88.3 Å². The van der Waals surface area contributed by atoms with Gasteiger partial charge in [0, 0.05) is 43.9 Å². The van der Waals surface area contributed by atoms with Crippen molar-refractivity contribution in [2.45, 2.75) is 33.7 Å². The predicted octanol–water partition coefficient (Wildman–Crippen LogP) is 3.85. The Labute approximate surface area is 179 Å². The van der Waals surface area contributed by atoms with Gasteiger partial charge in [-0.3, -0.25) is 9.59 Å². The van der Waals surface area contributed by atoms with Gasteiger partial charge in [-0.1, -0.05) is 32.9 Å². The van der Waals surface area contributed by atoms with Crippen molar-refractivity contribution in [2.75, 3.05) is 37.5 Å². The Morgan fingerprint density at radius 3 is 2.00 bits per heavy atom. The first kappa shape index (κ1) is 23.3. The van der Waals surface area contributed by atoms with Gasteiger partial charge in [0.2, 0.25) is 11.8 Å². The number of carbonyl (C=O) groups excluding carboxylic acids is 2. The SMILES string of the molecule is COc1ccc(N(Cc2ccc(N(C)C)cc2)C(=O)CCNC(=O)C(C)(C)C)cc1. The lowest BCUT2D eigenvalue weighted by molar-refractivity contribution is -0.128. The van der Waals surface area contributed by atoms with Gasteiger partial charge in [-0.2, -0.15) is 0 Å². The highest BCUT2D eigenvalue weighted by molar-refractivity contribution is 5.93. The van der Waals surface area contributed by atoms with Gasteiger partial charge < -0.3 is 19.9 Å². The van der Waals surface area contributed by atoms with Crippen LogP contribution in [-0.2, 0) is 16.1 Å². The molecule has 0 heterocycles. The molecule has 2 aromatic carbocycles. The summed E-state index contributed by atoms with van der Waals surface area (Å²) in [4.78, 5) is 28.9. The smallest absolute Gasteiger partial charge is 0.229 e. The number of rotatable bonds is 8. The molecule has 0 aliphatic heterocycles. The van der Waals surface area contributed by atoms with E-state index >= 15 is 0 Å². The summed E-state index contributed by atoms with van der Waals surface area (Å²) < 4.78 is 5.23. The van der Waals surface area contributed by atoms with Gasteiger partial charge in [0.15, 0.2) is 0 Å². The summed E-state index contributed by atoms with van der Waals surface area (Å²) in [6, 6.07) is 15.6. The standard InChI is InChI=1S/C24H33N3O3/c1-24(2,3)23(29)25-16-15-22(28)27(20-11-13-21(30-6)14-12-20)17-18-7-9-19(10-8-18)26(4)5/h7-14H,15-17H2,1-6H3,(H,25,29). The van der Waals surface area contributed by atoms with Crippen LogP contribution >= 0.6 is 0 Å². The van der Waals surface area contributed by atoms with Gasteiger partial charge in [0.1, 0.15) is 5.75 Å². The van der Waals surface area contributed by atoms with E-state index in [1.54, 1.807) is 12.0 Å². The molecule has 0 aliphatic rings. The van der Waals surface area contributed by atoms with E-state index in [9.17, 15) is 9.59 Å². The minimum atomic E-state index is -0.479. The van der Waals surface area contributed by atoms with E-state index in [1.165, 1.54) is 0 Å². The van der Waals surface area contributed by atoms with Crippen molar-refractivity contribution in [1.29, 1.82) is 0 Å². The average Bonchev–Trinajstić information content (AvgIpc) is 2.71. The Balaban J connectivity index is 2.15. The molecule has 2 rings (SSSR count). The molecule has 6 heteroatoms. The minimum Gasteiger partial charge on any atom is -0.497 e. The molecule has 0 unspecified atom stereocenters. The van der Waals surface area contributed by atoms with E-state index < -0.39 is 5.41 Å². The molecule has 0 aromatic heterocycles. The summed E-state index contributed by atoms with van der Waals surface area (Å²) >= 11 is 0. The Bertz CT molecular complexity index is 837. The van der Waals surface area contributed by atoms with Crippen molar-refractivity contribution < 1.29 is 14.3 Å². The fraction of sp³-hybridized carbons (Fsp3) is 0.417. The maximum Gasteiger partial charge on any atom is 0.229 e. The van der Waals surface area contributed by atoms with E-state index in [2.05, 4.69) is 5.32 Å². The van der Waals surface area contributed by atoms with Crippen molar-refractivity contribution in [3.05, 3.63) is 54.1 Å². The van der Waals surface area contributed by atoms with Crippen LogP contribution in [0.15, 0.2) is 48.5 Å². The van der Waals surface area contributed by atoms with Crippen LogP contribution in [0.4, 0.5) is 11.4 Å². The molecule has 0 aliphatic carbocycles. The molecule has 162 valence electrons. The summed E-state index contributed by atoms with van der Waals surface area (Å²) in [5, 5.41) is 2.85. The van der Waals surface area contributed by atoms with E-state index in [0.717, 1.165) is 22.7 Å². The maximum absolute atomic E-state index is 13.0. The largest absolute Gasteiger partial charge is 0.497 e. The summed E-state index contributed by atoms with van der Waals surface area (Å²) in [6.45, 7) is 6.31. The summed E-state index contributed by atoms with van der Waals surface area (Å²) in [5.74, 6) is 0.621. The van der Waals surface area contributed by atoms with Crippen LogP contribution < -0.4 is 19.9 Å². The number of amides is 2. The molecule has 1 N–H and O–H groups in total. The summed E-state index contributed by atoms with van der Waals surface area (Å²) in [6.07, 6.45) is 0.226. The highest BCUT2D eigenvalue weighted by Crippen LogP contribution is 2.23. The van der Waals surface area contributed by atoms with Crippen LogP contribution in [-0.4, -0.2) is 39.6 Å². The summed E-state index contributed by atoms with van der Waals surface area (Å²) in [5.41, 5.74) is 2.45. The lowest BCUT2D eigenvalue weighted by atomic mass is 9.96. The molecule has 0 saturated heterocycles. The Morgan fingerprint density at radius 1 is 0.933 bits per heavy atom. The van der Waals surface area contributed by atoms with Crippen LogP contribution in [0.2, 0.25) is 0 Å². The monoisotopic (exact) mass is 411 g/mol. The van der Waals surface area contributed by atoms with Crippen molar-refractivity contribution in [1.82, 2.24) is 5.32 Å². The van der Waals surface area contributed by atoms with E-state index in [0.29, 0.717) is 13.1 Å². The highest BCUT2D eigenvalue weighted by atomic mass is 16.5. The van der Waals surface area contributed by atoms with E-state index in [4.69, 9.17) is 4.74 Å². The molecular formula is C24H33N3O3. The Morgan fingerprint density at radius 2 is 1.50 bits per heavy atom. The zero-order valence-corrected chi connectivity index (χ0v) is 18.9.